The molecule has 20 heavy (non-hydrogen) atoms. The van der Waals surface area contributed by atoms with E-state index < -0.39 is 5.82 Å². The van der Waals surface area contributed by atoms with E-state index in [4.69, 9.17) is 0 Å². The largest absolute Gasteiger partial charge is 0.322 e. The van der Waals surface area contributed by atoms with Gasteiger partial charge in [-0.25, -0.2) is 4.39 Å². The highest BCUT2D eigenvalue weighted by Gasteiger charge is 2.11. The van der Waals surface area contributed by atoms with Crippen LogP contribution in [0.15, 0.2) is 45.3 Å². The molecule has 0 aliphatic heterocycles. The Labute approximate surface area is 133 Å². The number of nitrogens with one attached hydrogen (secondary N) is 1. The molecule has 1 amide bonds. The van der Waals surface area contributed by atoms with E-state index in [-0.39, 0.29) is 11.5 Å². The molecule has 0 saturated carbocycles. The molecule has 0 aromatic heterocycles. The van der Waals surface area contributed by atoms with Gasteiger partial charge in [0.25, 0.3) is 5.91 Å². The Kier molecular flexibility index (Phi) is 4.94. The van der Waals surface area contributed by atoms with Crippen molar-refractivity contribution in [2.45, 2.75) is 13.3 Å². The van der Waals surface area contributed by atoms with Gasteiger partial charge >= 0.3 is 0 Å². The number of carbonyl (C=O) groups is 1. The molecule has 0 aliphatic carbocycles. The molecule has 0 aliphatic rings. The molecule has 1 N–H and O–H groups in total. The molecule has 0 bridgehead atoms. The van der Waals surface area contributed by atoms with E-state index >= 15 is 0 Å². The highest BCUT2D eigenvalue weighted by Crippen LogP contribution is 2.23. The zero-order valence-electron chi connectivity index (χ0n) is 10.7. The first kappa shape index (κ1) is 15.2. The first-order valence-electron chi connectivity index (χ1n) is 6.05. The summed E-state index contributed by atoms with van der Waals surface area (Å²) in [5, 5.41) is 2.81. The number of amides is 1. The van der Waals surface area contributed by atoms with Gasteiger partial charge in [0.15, 0.2) is 0 Å². The van der Waals surface area contributed by atoms with Crippen molar-refractivity contribution in [3.8, 4) is 0 Å². The summed E-state index contributed by atoms with van der Waals surface area (Å²) in [6, 6.07) is 9.75. The Morgan fingerprint density at radius 2 is 1.90 bits per heavy atom. The van der Waals surface area contributed by atoms with Crippen molar-refractivity contribution in [1.82, 2.24) is 0 Å². The van der Waals surface area contributed by atoms with Gasteiger partial charge in [0.1, 0.15) is 5.82 Å². The van der Waals surface area contributed by atoms with Crippen LogP contribution in [0.5, 0.6) is 0 Å². The second-order valence-electron chi connectivity index (χ2n) is 4.27. The monoisotopic (exact) mass is 399 g/mol. The number of carbonyl (C=O) groups excluding carboxylic acids is 1. The van der Waals surface area contributed by atoms with Gasteiger partial charge in [-0.2, -0.15) is 0 Å². The van der Waals surface area contributed by atoms with Crippen LogP contribution >= 0.6 is 31.9 Å². The van der Waals surface area contributed by atoms with E-state index in [1.807, 2.05) is 25.1 Å². The molecule has 2 aromatic carbocycles. The average molecular weight is 401 g/mol. The third-order valence-electron chi connectivity index (χ3n) is 2.82. The Hall–Kier alpha value is -1.20. The van der Waals surface area contributed by atoms with Gasteiger partial charge in [-0.1, -0.05) is 38.8 Å². The minimum Gasteiger partial charge on any atom is -0.322 e. The maximum Gasteiger partial charge on any atom is 0.255 e. The lowest BCUT2D eigenvalue weighted by atomic mass is 10.1. The van der Waals surface area contributed by atoms with Crippen LogP contribution in [0.1, 0.15) is 22.8 Å². The van der Waals surface area contributed by atoms with Gasteiger partial charge in [0, 0.05) is 20.2 Å². The van der Waals surface area contributed by atoms with Crippen LogP contribution in [0, 0.1) is 5.82 Å². The Balaban J connectivity index is 2.27. The zero-order valence-corrected chi connectivity index (χ0v) is 13.9. The number of aryl methyl sites for hydroxylation is 1. The lowest BCUT2D eigenvalue weighted by Gasteiger charge is -2.10. The summed E-state index contributed by atoms with van der Waals surface area (Å²) in [6.07, 6.45) is 0.794. The first-order valence-corrected chi connectivity index (χ1v) is 7.64. The summed E-state index contributed by atoms with van der Waals surface area (Å²) < 4.78 is 14.8. The molecule has 0 radical (unpaired) electrons. The molecule has 0 spiro atoms. The number of anilines is 1. The van der Waals surface area contributed by atoms with Crippen LogP contribution in [0.25, 0.3) is 0 Å². The fourth-order valence-corrected chi connectivity index (χ4v) is 2.73. The minimum atomic E-state index is -0.448. The van der Waals surface area contributed by atoms with Crippen LogP contribution < -0.4 is 5.32 Å². The summed E-state index contributed by atoms with van der Waals surface area (Å²) in [6.45, 7) is 2.01. The normalized spacial score (nSPS) is 10.4. The second kappa shape index (κ2) is 6.50. The van der Waals surface area contributed by atoms with Crippen molar-refractivity contribution < 1.29 is 9.18 Å². The molecule has 5 heteroatoms. The van der Waals surface area contributed by atoms with Crippen molar-refractivity contribution in [1.29, 1.82) is 0 Å². The summed E-state index contributed by atoms with van der Waals surface area (Å²) in [5.74, 6) is -0.779. The third-order valence-corrected chi connectivity index (χ3v) is 3.77. The van der Waals surface area contributed by atoms with E-state index in [0.717, 1.165) is 22.1 Å². The van der Waals surface area contributed by atoms with Gasteiger partial charge in [-0.15, -0.1) is 0 Å². The number of rotatable bonds is 3. The summed E-state index contributed by atoms with van der Waals surface area (Å²) >= 11 is 6.58. The van der Waals surface area contributed by atoms with Gasteiger partial charge in [-0.05, 0) is 48.4 Å². The molecule has 0 heterocycles. The molecule has 2 aromatic rings. The predicted molar refractivity (Wildman–Crippen MR) is 85.6 cm³/mol. The Morgan fingerprint density at radius 3 is 2.55 bits per heavy atom. The zero-order chi connectivity index (χ0) is 14.7. The fourth-order valence-electron chi connectivity index (χ4n) is 1.86. The highest BCUT2D eigenvalue weighted by atomic mass is 79.9. The van der Waals surface area contributed by atoms with Gasteiger partial charge in [-0.3, -0.25) is 4.79 Å². The van der Waals surface area contributed by atoms with Crippen molar-refractivity contribution >= 4 is 43.5 Å². The maximum atomic E-state index is 13.3. The van der Waals surface area contributed by atoms with Gasteiger partial charge < -0.3 is 5.32 Å². The summed E-state index contributed by atoms with van der Waals surface area (Å²) in [5.41, 5.74) is 2.03. The molecule has 2 nitrogen and oxygen atoms in total. The third kappa shape index (κ3) is 3.67. The topological polar surface area (TPSA) is 29.1 Å². The van der Waals surface area contributed by atoms with Gasteiger partial charge in [0.2, 0.25) is 0 Å². The second-order valence-corrected chi connectivity index (χ2v) is 6.10. The van der Waals surface area contributed by atoms with Crippen LogP contribution in [-0.4, -0.2) is 5.91 Å². The van der Waals surface area contributed by atoms with Crippen LogP contribution in [-0.2, 0) is 6.42 Å². The van der Waals surface area contributed by atoms with Crippen LogP contribution in [0.2, 0.25) is 0 Å². The maximum absolute atomic E-state index is 13.3. The van der Waals surface area contributed by atoms with Crippen LogP contribution in [0.4, 0.5) is 10.1 Å². The molecule has 0 unspecified atom stereocenters. The Bertz CT molecular complexity index is 638. The summed E-state index contributed by atoms with van der Waals surface area (Å²) in [4.78, 5) is 12.2. The molecule has 2 rings (SSSR count). The van der Waals surface area contributed by atoms with E-state index in [9.17, 15) is 9.18 Å². The number of hydrogen-bond acceptors (Lipinski definition) is 1. The standard InChI is InChI=1S/C15H12Br2FNO/c1-2-9-5-11(16)3-4-14(9)19-15(20)10-6-12(17)8-13(18)7-10/h3-8H,2H2,1H3,(H,19,20). The van der Waals surface area contributed by atoms with Crippen LogP contribution in [0.3, 0.4) is 0 Å². The van der Waals surface area contributed by atoms with E-state index in [2.05, 4.69) is 37.2 Å². The first-order chi connectivity index (χ1) is 9.49. The van der Waals surface area contributed by atoms with Crippen molar-refractivity contribution in [3.05, 3.63) is 62.3 Å². The summed E-state index contributed by atoms with van der Waals surface area (Å²) in [7, 11) is 0. The highest BCUT2D eigenvalue weighted by molar-refractivity contribution is 9.10. The van der Waals surface area contributed by atoms with Crippen molar-refractivity contribution in [2.24, 2.45) is 0 Å². The number of halogens is 3. The molecule has 0 fully saturated rings. The Morgan fingerprint density at radius 1 is 1.15 bits per heavy atom. The van der Waals surface area contributed by atoms with Crippen molar-refractivity contribution in [2.75, 3.05) is 5.32 Å². The van der Waals surface area contributed by atoms with Crippen molar-refractivity contribution in [3.63, 3.8) is 0 Å². The molecular formula is C15H12Br2FNO. The lowest BCUT2D eigenvalue weighted by molar-refractivity contribution is 0.102. The van der Waals surface area contributed by atoms with Gasteiger partial charge in [0.05, 0.1) is 0 Å². The lowest BCUT2D eigenvalue weighted by Crippen LogP contribution is -2.13. The quantitative estimate of drug-likeness (QED) is 0.756. The SMILES string of the molecule is CCc1cc(Br)ccc1NC(=O)c1cc(F)cc(Br)c1. The number of benzene rings is 2. The predicted octanol–water partition coefficient (Wildman–Crippen LogP) is 5.17. The van der Waals surface area contributed by atoms with E-state index in [0.29, 0.717) is 4.47 Å². The fraction of sp³-hybridized carbons (Fsp3) is 0.133. The molecule has 0 atom stereocenters. The molecule has 104 valence electrons. The average Bonchev–Trinajstić information content (AvgIpc) is 2.39. The van der Waals surface area contributed by atoms with E-state index in [1.165, 1.54) is 12.1 Å². The minimum absolute atomic E-state index is 0.279. The molecular weight excluding hydrogens is 389 g/mol. The molecule has 0 saturated heterocycles. The van der Waals surface area contributed by atoms with E-state index in [1.54, 1.807) is 6.07 Å². The smallest absolute Gasteiger partial charge is 0.255 e. The number of hydrogen-bond donors (Lipinski definition) is 1.